The Hall–Kier alpha value is 0.310. The van der Waals surface area contributed by atoms with Crippen LogP contribution in [0.1, 0.15) is 51.9 Å². The predicted molar refractivity (Wildman–Crippen MR) is 67.1 cm³/mol. The minimum Gasteiger partial charge on any atom is -0.311 e. The van der Waals surface area contributed by atoms with Crippen molar-refractivity contribution < 1.29 is 0 Å². The van der Waals surface area contributed by atoms with E-state index in [1.54, 1.807) is 0 Å². The Morgan fingerprint density at radius 3 is 2.29 bits per heavy atom. The Labute approximate surface area is 93.4 Å². The Balaban J connectivity index is 2.19. The minimum absolute atomic E-state index is 0.689. The highest BCUT2D eigenvalue weighted by Crippen LogP contribution is 2.17. The summed E-state index contributed by atoms with van der Waals surface area (Å²) in [5.74, 6) is 1.25. The smallest absolute Gasteiger partial charge is 0.0132 e. The van der Waals surface area contributed by atoms with Crippen LogP contribution in [-0.4, -0.2) is 24.1 Å². The van der Waals surface area contributed by atoms with Crippen LogP contribution in [0.25, 0.3) is 0 Å². The van der Waals surface area contributed by atoms with Gasteiger partial charge in [-0.15, -0.1) is 0 Å². The van der Waals surface area contributed by atoms with Gasteiger partial charge >= 0.3 is 0 Å². The fourth-order valence-electron chi connectivity index (χ4n) is 2.32. The van der Waals surface area contributed by atoms with Crippen LogP contribution >= 0.6 is 11.8 Å². The second-order valence-electron chi connectivity index (χ2n) is 4.57. The quantitative estimate of drug-likeness (QED) is 0.771. The second kappa shape index (κ2) is 7.58. The van der Waals surface area contributed by atoms with Crippen molar-refractivity contribution >= 4 is 11.8 Å². The fraction of sp³-hybridized carbons (Fsp3) is 1.00. The molecule has 1 atom stereocenters. The standard InChI is InChI=1S/C12H25NS/c1-11(10-14-2)13-12-8-6-4-3-5-7-9-12/h11-13H,3-10H2,1-2H3. The Bertz CT molecular complexity index is 130. The average molecular weight is 215 g/mol. The van der Waals surface area contributed by atoms with E-state index in [2.05, 4.69) is 18.5 Å². The van der Waals surface area contributed by atoms with Crippen LogP contribution in [0.4, 0.5) is 0 Å². The van der Waals surface area contributed by atoms with Crippen LogP contribution < -0.4 is 5.32 Å². The molecule has 1 unspecified atom stereocenters. The lowest BCUT2D eigenvalue weighted by Crippen LogP contribution is -2.38. The normalized spacial score (nSPS) is 22.7. The van der Waals surface area contributed by atoms with Gasteiger partial charge in [0.2, 0.25) is 0 Å². The van der Waals surface area contributed by atoms with Gasteiger partial charge in [-0.1, -0.05) is 32.1 Å². The van der Waals surface area contributed by atoms with Gasteiger partial charge in [0.25, 0.3) is 0 Å². The summed E-state index contributed by atoms with van der Waals surface area (Å²) >= 11 is 1.95. The summed E-state index contributed by atoms with van der Waals surface area (Å²) in [7, 11) is 0. The zero-order valence-corrected chi connectivity index (χ0v) is 10.5. The van der Waals surface area contributed by atoms with E-state index in [0.717, 1.165) is 6.04 Å². The molecule has 2 heteroatoms. The van der Waals surface area contributed by atoms with Crippen LogP contribution in [0.5, 0.6) is 0 Å². The lowest BCUT2D eigenvalue weighted by molar-refractivity contribution is 0.370. The largest absolute Gasteiger partial charge is 0.311 e. The topological polar surface area (TPSA) is 12.0 Å². The molecule has 1 N–H and O–H groups in total. The Morgan fingerprint density at radius 2 is 1.71 bits per heavy atom. The van der Waals surface area contributed by atoms with E-state index < -0.39 is 0 Å². The van der Waals surface area contributed by atoms with E-state index >= 15 is 0 Å². The number of nitrogens with one attached hydrogen (secondary N) is 1. The van der Waals surface area contributed by atoms with E-state index in [4.69, 9.17) is 0 Å². The maximum Gasteiger partial charge on any atom is 0.0132 e. The monoisotopic (exact) mass is 215 g/mol. The van der Waals surface area contributed by atoms with Gasteiger partial charge in [-0.25, -0.2) is 0 Å². The van der Waals surface area contributed by atoms with Crippen molar-refractivity contribution in [1.82, 2.24) is 5.32 Å². The highest BCUT2D eigenvalue weighted by Gasteiger charge is 2.12. The molecule has 1 rings (SSSR count). The first kappa shape index (κ1) is 12.4. The predicted octanol–water partition coefficient (Wildman–Crippen LogP) is 3.44. The van der Waals surface area contributed by atoms with Gasteiger partial charge in [0, 0.05) is 17.8 Å². The molecule has 1 saturated carbocycles. The third kappa shape index (κ3) is 5.26. The molecular formula is C12H25NS. The first-order valence-electron chi connectivity index (χ1n) is 6.08. The highest BCUT2D eigenvalue weighted by molar-refractivity contribution is 7.98. The molecule has 1 aliphatic rings. The van der Waals surface area contributed by atoms with Gasteiger partial charge in [-0.2, -0.15) is 11.8 Å². The summed E-state index contributed by atoms with van der Waals surface area (Å²) in [5, 5.41) is 3.77. The number of hydrogen-bond acceptors (Lipinski definition) is 2. The maximum absolute atomic E-state index is 3.77. The molecule has 0 saturated heterocycles. The zero-order valence-electron chi connectivity index (χ0n) is 9.72. The summed E-state index contributed by atoms with van der Waals surface area (Å²) < 4.78 is 0. The van der Waals surface area contributed by atoms with Crippen molar-refractivity contribution in [1.29, 1.82) is 0 Å². The van der Waals surface area contributed by atoms with Gasteiger partial charge < -0.3 is 5.32 Å². The average Bonchev–Trinajstić information content (AvgIpc) is 2.10. The SMILES string of the molecule is CSCC(C)NC1CCCCCCC1. The van der Waals surface area contributed by atoms with E-state index in [1.807, 2.05) is 11.8 Å². The second-order valence-corrected chi connectivity index (χ2v) is 5.48. The van der Waals surface area contributed by atoms with Crippen LogP contribution in [0, 0.1) is 0 Å². The van der Waals surface area contributed by atoms with Gasteiger partial charge in [0.15, 0.2) is 0 Å². The maximum atomic E-state index is 3.77. The van der Waals surface area contributed by atoms with E-state index in [-0.39, 0.29) is 0 Å². The number of thioether (sulfide) groups is 1. The van der Waals surface area contributed by atoms with Gasteiger partial charge in [-0.05, 0) is 26.0 Å². The lowest BCUT2D eigenvalue weighted by Gasteiger charge is -2.24. The number of rotatable bonds is 4. The summed E-state index contributed by atoms with van der Waals surface area (Å²) in [6, 6.07) is 1.49. The molecule has 84 valence electrons. The molecule has 0 aromatic rings. The Morgan fingerprint density at radius 1 is 1.14 bits per heavy atom. The van der Waals surface area contributed by atoms with Crippen molar-refractivity contribution in [3.8, 4) is 0 Å². The molecule has 0 aromatic carbocycles. The molecule has 1 nitrogen and oxygen atoms in total. The zero-order chi connectivity index (χ0) is 10.2. The molecule has 1 aliphatic carbocycles. The molecule has 0 aromatic heterocycles. The van der Waals surface area contributed by atoms with Crippen molar-refractivity contribution in [2.75, 3.05) is 12.0 Å². The third-order valence-corrected chi connectivity index (χ3v) is 3.88. The van der Waals surface area contributed by atoms with E-state index in [0.29, 0.717) is 6.04 Å². The molecule has 0 amide bonds. The van der Waals surface area contributed by atoms with Gasteiger partial charge in [-0.3, -0.25) is 0 Å². The summed E-state index contributed by atoms with van der Waals surface area (Å²) in [6.07, 6.45) is 12.2. The molecule has 0 radical (unpaired) electrons. The van der Waals surface area contributed by atoms with Crippen LogP contribution in [0.2, 0.25) is 0 Å². The molecule has 0 bridgehead atoms. The highest BCUT2D eigenvalue weighted by atomic mass is 32.2. The van der Waals surface area contributed by atoms with Gasteiger partial charge in [0.05, 0.1) is 0 Å². The first-order valence-corrected chi connectivity index (χ1v) is 7.47. The number of hydrogen-bond donors (Lipinski definition) is 1. The van der Waals surface area contributed by atoms with E-state index in [1.165, 1.54) is 50.7 Å². The van der Waals surface area contributed by atoms with Crippen molar-refractivity contribution in [2.45, 2.75) is 64.0 Å². The van der Waals surface area contributed by atoms with Crippen LogP contribution in [0.3, 0.4) is 0 Å². The molecule has 0 spiro atoms. The van der Waals surface area contributed by atoms with Crippen molar-refractivity contribution in [2.24, 2.45) is 0 Å². The molecule has 1 fully saturated rings. The molecule has 14 heavy (non-hydrogen) atoms. The van der Waals surface area contributed by atoms with Crippen molar-refractivity contribution in [3.05, 3.63) is 0 Å². The fourth-order valence-corrected chi connectivity index (χ4v) is 2.92. The van der Waals surface area contributed by atoms with Gasteiger partial charge in [0.1, 0.15) is 0 Å². The third-order valence-electron chi connectivity index (χ3n) is 3.04. The molecule has 0 aliphatic heterocycles. The summed E-state index contributed by atoms with van der Waals surface area (Å²) in [4.78, 5) is 0. The van der Waals surface area contributed by atoms with Crippen LogP contribution in [0.15, 0.2) is 0 Å². The minimum atomic E-state index is 0.689. The van der Waals surface area contributed by atoms with E-state index in [9.17, 15) is 0 Å². The lowest BCUT2D eigenvalue weighted by atomic mass is 9.96. The molecule has 0 heterocycles. The van der Waals surface area contributed by atoms with Crippen LogP contribution in [-0.2, 0) is 0 Å². The van der Waals surface area contributed by atoms with Crippen molar-refractivity contribution in [3.63, 3.8) is 0 Å². The Kier molecular flexibility index (Phi) is 6.70. The molecular weight excluding hydrogens is 190 g/mol. The summed E-state index contributed by atoms with van der Waals surface area (Å²) in [6.45, 7) is 2.31. The first-order chi connectivity index (χ1) is 6.83. The summed E-state index contributed by atoms with van der Waals surface area (Å²) in [5.41, 5.74) is 0.